The zero-order chi connectivity index (χ0) is 18.9. The van der Waals surface area contributed by atoms with Crippen molar-refractivity contribution < 1.29 is 5.11 Å². The third-order valence-corrected chi connectivity index (χ3v) is 5.32. The number of benzene rings is 1. The Morgan fingerprint density at radius 3 is 2.70 bits per heavy atom. The molecule has 0 saturated carbocycles. The van der Waals surface area contributed by atoms with Gasteiger partial charge in [0.05, 0.1) is 16.8 Å². The minimum atomic E-state index is -0.891. The van der Waals surface area contributed by atoms with Crippen molar-refractivity contribution in [3.8, 4) is 11.3 Å². The maximum atomic E-state index is 10.4. The van der Waals surface area contributed by atoms with E-state index in [-0.39, 0.29) is 0 Å². The summed E-state index contributed by atoms with van der Waals surface area (Å²) in [6, 6.07) is 8.19. The molecule has 136 valence electrons. The first kappa shape index (κ1) is 16.1. The number of aryl methyl sites for hydroxylation is 2. The monoisotopic (exact) mass is 359 g/mol. The number of pyridine rings is 1. The van der Waals surface area contributed by atoms with Crippen molar-refractivity contribution in [3.05, 3.63) is 48.4 Å². The molecule has 4 heterocycles. The Balaban J connectivity index is 1.80. The van der Waals surface area contributed by atoms with Crippen LogP contribution in [0.1, 0.15) is 19.4 Å². The van der Waals surface area contributed by atoms with Crippen molar-refractivity contribution in [2.75, 3.05) is 0 Å². The number of H-pyrrole nitrogens is 1. The first-order valence-corrected chi connectivity index (χ1v) is 8.95. The molecule has 0 radical (unpaired) electrons. The van der Waals surface area contributed by atoms with Crippen molar-refractivity contribution in [3.63, 3.8) is 0 Å². The molecule has 0 aliphatic carbocycles. The zero-order valence-electron chi connectivity index (χ0n) is 15.8. The van der Waals surface area contributed by atoms with E-state index in [0.29, 0.717) is 0 Å². The van der Waals surface area contributed by atoms with Crippen molar-refractivity contribution >= 4 is 32.8 Å². The number of aromatic nitrogens is 5. The predicted octanol–water partition coefficient (Wildman–Crippen LogP) is 3.84. The van der Waals surface area contributed by atoms with E-state index in [2.05, 4.69) is 39.0 Å². The van der Waals surface area contributed by atoms with Crippen molar-refractivity contribution in [1.82, 2.24) is 24.3 Å². The number of hydrogen-bond acceptors (Lipinski definition) is 3. The lowest BCUT2D eigenvalue weighted by molar-refractivity contribution is 0.0787. The fourth-order valence-corrected chi connectivity index (χ4v) is 3.85. The normalized spacial score (nSPS) is 12.6. The number of aromatic amines is 1. The maximum absolute atomic E-state index is 10.4. The Morgan fingerprint density at radius 2 is 1.93 bits per heavy atom. The average Bonchev–Trinajstić information content (AvgIpc) is 3.29. The van der Waals surface area contributed by atoms with Gasteiger partial charge in [-0.15, -0.1) is 0 Å². The highest BCUT2D eigenvalue weighted by Gasteiger charge is 2.20. The Bertz CT molecular complexity index is 1330. The van der Waals surface area contributed by atoms with Crippen molar-refractivity contribution in [2.45, 2.75) is 19.4 Å². The highest BCUT2D eigenvalue weighted by molar-refractivity contribution is 6.06. The van der Waals surface area contributed by atoms with Gasteiger partial charge in [-0.05, 0) is 37.6 Å². The second-order valence-corrected chi connectivity index (χ2v) is 7.72. The summed E-state index contributed by atoms with van der Waals surface area (Å²) in [5, 5.41) is 16.8. The second kappa shape index (κ2) is 5.20. The highest BCUT2D eigenvalue weighted by atomic mass is 16.3. The summed E-state index contributed by atoms with van der Waals surface area (Å²) in [6.07, 6.45) is 5.89. The fourth-order valence-electron chi connectivity index (χ4n) is 3.85. The van der Waals surface area contributed by atoms with E-state index in [9.17, 15) is 5.11 Å². The highest BCUT2D eigenvalue weighted by Crippen LogP contribution is 2.35. The van der Waals surface area contributed by atoms with Crippen LogP contribution in [0.25, 0.3) is 44.1 Å². The molecule has 2 N–H and O–H groups in total. The Morgan fingerprint density at radius 1 is 1.11 bits per heavy atom. The molecule has 0 saturated heterocycles. The smallest absolute Gasteiger partial charge is 0.162 e. The summed E-state index contributed by atoms with van der Waals surface area (Å²) in [5.74, 6) is 0. The molecule has 4 aromatic heterocycles. The lowest BCUT2D eigenvalue weighted by atomic mass is 9.96. The lowest BCUT2D eigenvalue weighted by Gasteiger charge is -2.17. The van der Waals surface area contributed by atoms with Gasteiger partial charge in [0.2, 0.25) is 0 Å². The van der Waals surface area contributed by atoms with Crippen LogP contribution in [0, 0.1) is 0 Å². The molecule has 0 amide bonds. The first-order valence-electron chi connectivity index (χ1n) is 8.95. The molecular weight excluding hydrogens is 338 g/mol. The number of nitrogens with one attached hydrogen (secondary N) is 1. The molecule has 0 aliphatic rings. The van der Waals surface area contributed by atoms with Crippen LogP contribution >= 0.6 is 0 Å². The summed E-state index contributed by atoms with van der Waals surface area (Å²) < 4.78 is 4.08. The number of aliphatic hydroxyl groups is 1. The van der Waals surface area contributed by atoms with Crippen LogP contribution in [0.3, 0.4) is 0 Å². The van der Waals surface area contributed by atoms with Gasteiger partial charge in [0.15, 0.2) is 5.65 Å². The maximum Gasteiger partial charge on any atom is 0.162 e. The number of nitrogens with zero attached hydrogens (tertiary/aromatic N) is 4. The van der Waals surface area contributed by atoms with Gasteiger partial charge in [0.1, 0.15) is 0 Å². The number of hydrogen-bond donors (Lipinski definition) is 2. The van der Waals surface area contributed by atoms with Crippen LogP contribution in [0.15, 0.2) is 42.9 Å². The van der Waals surface area contributed by atoms with Crippen molar-refractivity contribution in [2.24, 2.45) is 14.1 Å². The van der Waals surface area contributed by atoms with E-state index in [1.807, 2.05) is 37.2 Å². The van der Waals surface area contributed by atoms with E-state index in [1.165, 1.54) is 0 Å². The largest absolute Gasteiger partial charge is 0.386 e. The predicted molar refractivity (Wildman–Crippen MR) is 108 cm³/mol. The first-order chi connectivity index (χ1) is 12.8. The van der Waals surface area contributed by atoms with E-state index >= 15 is 0 Å². The van der Waals surface area contributed by atoms with Gasteiger partial charge in [-0.3, -0.25) is 4.68 Å². The third-order valence-electron chi connectivity index (χ3n) is 5.32. The van der Waals surface area contributed by atoms with E-state index in [1.54, 1.807) is 13.8 Å². The quantitative estimate of drug-likeness (QED) is 0.503. The fraction of sp³-hybridized carbons (Fsp3) is 0.238. The van der Waals surface area contributed by atoms with E-state index in [4.69, 9.17) is 4.98 Å². The molecule has 0 atom stereocenters. The van der Waals surface area contributed by atoms with Gasteiger partial charge in [0.25, 0.3) is 0 Å². The van der Waals surface area contributed by atoms with Crippen LogP contribution in [-0.4, -0.2) is 29.4 Å². The summed E-state index contributed by atoms with van der Waals surface area (Å²) in [5.41, 5.74) is 4.87. The van der Waals surface area contributed by atoms with Crippen molar-refractivity contribution in [1.29, 1.82) is 0 Å². The molecule has 6 heteroatoms. The minimum Gasteiger partial charge on any atom is -0.386 e. The van der Waals surface area contributed by atoms with Crippen LogP contribution in [0.4, 0.5) is 0 Å². The molecule has 0 spiro atoms. The van der Waals surface area contributed by atoms with Gasteiger partial charge in [-0.2, -0.15) is 0 Å². The number of fused-ring (bicyclic) bond motifs is 4. The molecule has 0 fully saturated rings. The summed E-state index contributed by atoms with van der Waals surface area (Å²) in [6.45, 7) is 3.61. The minimum absolute atomic E-state index is 0.739. The van der Waals surface area contributed by atoms with Crippen LogP contribution in [0.2, 0.25) is 0 Å². The number of rotatable bonds is 2. The summed E-state index contributed by atoms with van der Waals surface area (Å²) in [4.78, 5) is 9.32. The average molecular weight is 359 g/mol. The van der Waals surface area contributed by atoms with Gasteiger partial charge in [-0.25, -0.2) is 9.97 Å². The second-order valence-electron chi connectivity index (χ2n) is 7.72. The Labute approximate surface area is 156 Å². The third kappa shape index (κ3) is 2.30. The Kier molecular flexibility index (Phi) is 3.10. The molecule has 0 bridgehead atoms. The van der Waals surface area contributed by atoms with Gasteiger partial charge >= 0.3 is 0 Å². The van der Waals surface area contributed by atoms with E-state index in [0.717, 1.165) is 49.7 Å². The molecule has 6 nitrogen and oxygen atoms in total. The molecule has 5 rings (SSSR count). The van der Waals surface area contributed by atoms with E-state index < -0.39 is 5.60 Å². The topological polar surface area (TPSA) is 71.7 Å². The van der Waals surface area contributed by atoms with Gasteiger partial charge < -0.3 is 14.8 Å². The van der Waals surface area contributed by atoms with Gasteiger partial charge in [0, 0.05) is 59.9 Å². The SMILES string of the molecule is Cn1cc(-c2cc3c(ncc4c[nH]n(C)c43)n2)c2cc(C(C)(C)O)ccc21. The molecule has 5 aromatic rings. The molecule has 0 unspecified atom stereocenters. The summed E-state index contributed by atoms with van der Waals surface area (Å²) in [7, 11) is 4.02. The molecule has 0 aliphatic heterocycles. The molecular formula is C21H21N5O. The van der Waals surface area contributed by atoms with Crippen LogP contribution in [0.5, 0.6) is 0 Å². The van der Waals surface area contributed by atoms with Gasteiger partial charge in [-0.1, -0.05) is 6.07 Å². The van der Waals surface area contributed by atoms with Crippen LogP contribution < -0.4 is 0 Å². The molecule has 27 heavy (non-hydrogen) atoms. The van der Waals surface area contributed by atoms with Crippen LogP contribution in [-0.2, 0) is 19.7 Å². The molecule has 1 aromatic carbocycles. The lowest BCUT2D eigenvalue weighted by Crippen LogP contribution is -2.15. The zero-order valence-corrected chi connectivity index (χ0v) is 15.8. The standard InChI is InChI=1S/C21H21N5O/c1-21(2,27)13-5-6-18-14(7-13)16(11-25(18)3)17-8-15-19-12(10-23-26(19)4)9-22-20(15)24-17/h5-11,23,27H,1-4H3. The summed E-state index contributed by atoms with van der Waals surface area (Å²) >= 11 is 0. The Hall–Kier alpha value is -3.12.